The number of hydrogen-bond acceptors (Lipinski definition) is 3. The first-order valence-electron chi connectivity index (χ1n) is 7.51. The smallest absolute Gasteiger partial charge is 0.259 e. The summed E-state index contributed by atoms with van der Waals surface area (Å²) in [5.74, 6) is -0.180. The van der Waals surface area contributed by atoms with E-state index in [9.17, 15) is 4.79 Å². The van der Waals surface area contributed by atoms with Crippen molar-refractivity contribution >= 4 is 23.4 Å². The normalized spacial score (nSPS) is 11.5. The number of aryl methyl sites for hydroxylation is 1. The summed E-state index contributed by atoms with van der Waals surface area (Å²) in [7, 11) is 0. The van der Waals surface area contributed by atoms with Crippen molar-refractivity contribution < 1.29 is 4.79 Å². The molecule has 0 heterocycles. The first-order valence-corrected chi connectivity index (χ1v) is 7.51. The van der Waals surface area contributed by atoms with Crippen LogP contribution in [0.5, 0.6) is 0 Å². The maximum Gasteiger partial charge on any atom is 0.259 e. The predicted molar refractivity (Wildman–Crippen MR) is 96.4 cm³/mol. The molecule has 118 valence electrons. The van der Waals surface area contributed by atoms with Gasteiger partial charge in [0.15, 0.2) is 0 Å². The number of nitrogens with zero attached hydrogens (tertiary/aromatic N) is 1. The Balaban J connectivity index is 1.81. The van der Waals surface area contributed by atoms with Gasteiger partial charge in [-0.3, -0.25) is 4.79 Å². The molecule has 0 atom stereocenters. The number of carbonyl (C=O) groups excluding carboxylic acids is 1. The Kier molecular flexibility index (Phi) is 6.12. The van der Waals surface area contributed by atoms with Gasteiger partial charge in [-0.1, -0.05) is 54.6 Å². The first kappa shape index (κ1) is 16.5. The highest BCUT2D eigenvalue weighted by Gasteiger charge is 2.01. The topological polar surface area (TPSA) is 53.5 Å². The average Bonchev–Trinajstić information content (AvgIpc) is 2.58. The molecule has 2 N–H and O–H groups in total. The Morgan fingerprint density at radius 3 is 2.52 bits per heavy atom. The predicted octanol–water partition coefficient (Wildman–Crippen LogP) is 3.61. The van der Waals surface area contributed by atoms with E-state index >= 15 is 0 Å². The summed E-state index contributed by atoms with van der Waals surface area (Å²) < 4.78 is 0. The number of amides is 1. The number of nitrogens with one attached hydrogen (secondary N) is 2. The van der Waals surface area contributed by atoms with Crippen LogP contribution >= 0.6 is 0 Å². The van der Waals surface area contributed by atoms with Gasteiger partial charge in [-0.15, -0.1) is 0 Å². The minimum atomic E-state index is -0.180. The van der Waals surface area contributed by atoms with Gasteiger partial charge >= 0.3 is 0 Å². The molecule has 0 fully saturated rings. The van der Waals surface area contributed by atoms with Gasteiger partial charge in [0.1, 0.15) is 0 Å². The van der Waals surface area contributed by atoms with Gasteiger partial charge in [-0.05, 0) is 37.1 Å². The van der Waals surface area contributed by atoms with Crippen molar-refractivity contribution in [2.24, 2.45) is 5.10 Å². The van der Waals surface area contributed by atoms with Crippen molar-refractivity contribution in [3.8, 4) is 0 Å². The fraction of sp³-hybridized carbons (Fsp3) is 0.158. The van der Waals surface area contributed by atoms with Crippen LogP contribution in [0, 0.1) is 6.92 Å². The summed E-state index contributed by atoms with van der Waals surface area (Å²) in [6.07, 6.45) is 3.82. The molecule has 2 aromatic rings. The van der Waals surface area contributed by atoms with Crippen molar-refractivity contribution in [1.29, 1.82) is 0 Å². The zero-order chi connectivity index (χ0) is 16.5. The Morgan fingerprint density at radius 2 is 1.78 bits per heavy atom. The van der Waals surface area contributed by atoms with E-state index in [-0.39, 0.29) is 12.5 Å². The number of benzene rings is 2. The highest BCUT2D eigenvalue weighted by atomic mass is 16.2. The minimum absolute atomic E-state index is 0.180. The molecule has 0 aliphatic rings. The molecule has 0 unspecified atom stereocenters. The fourth-order valence-electron chi connectivity index (χ4n) is 1.96. The Morgan fingerprint density at radius 1 is 1.09 bits per heavy atom. The number of para-hydroxylation sites is 1. The average molecular weight is 307 g/mol. The highest BCUT2D eigenvalue weighted by molar-refractivity contribution is 5.97. The van der Waals surface area contributed by atoms with Gasteiger partial charge in [0.05, 0.1) is 12.3 Å². The van der Waals surface area contributed by atoms with Crippen LogP contribution in [0.2, 0.25) is 0 Å². The SMILES string of the molecule is CC(/C=C/c1ccccc1)=N\NC(=O)CNc1ccccc1C. The molecular weight excluding hydrogens is 286 g/mol. The standard InChI is InChI=1S/C19H21N3O/c1-15-8-6-7-11-18(15)20-14-19(23)22-21-16(2)12-13-17-9-4-3-5-10-17/h3-13,20H,14H2,1-2H3,(H,22,23)/b13-12+,21-16+. The summed E-state index contributed by atoms with van der Waals surface area (Å²) in [5.41, 5.74) is 6.42. The number of hydrogen-bond donors (Lipinski definition) is 2. The van der Waals surface area contributed by atoms with E-state index < -0.39 is 0 Å². The number of allylic oxidation sites excluding steroid dienone is 1. The second-order valence-corrected chi connectivity index (χ2v) is 5.20. The van der Waals surface area contributed by atoms with Crippen LogP contribution in [0.4, 0.5) is 5.69 Å². The van der Waals surface area contributed by atoms with Crippen LogP contribution in [0.3, 0.4) is 0 Å². The van der Waals surface area contributed by atoms with Crippen LogP contribution in [0.25, 0.3) is 6.08 Å². The van der Waals surface area contributed by atoms with Crippen molar-refractivity contribution in [1.82, 2.24) is 5.43 Å². The molecule has 0 aromatic heterocycles. The van der Waals surface area contributed by atoms with Gasteiger partial charge in [-0.25, -0.2) is 5.43 Å². The van der Waals surface area contributed by atoms with Gasteiger partial charge in [-0.2, -0.15) is 5.10 Å². The van der Waals surface area contributed by atoms with Crippen molar-refractivity contribution in [3.05, 3.63) is 71.8 Å². The molecule has 23 heavy (non-hydrogen) atoms. The van der Waals surface area contributed by atoms with E-state index in [4.69, 9.17) is 0 Å². The molecule has 2 rings (SSSR count). The summed E-state index contributed by atoms with van der Waals surface area (Å²) in [5, 5.41) is 7.16. The molecule has 0 aliphatic carbocycles. The molecule has 4 heteroatoms. The summed E-state index contributed by atoms with van der Waals surface area (Å²) >= 11 is 0. The molecule has 0 bridgehead atoms. The van der Waals surface area contributed by atoms with E-state index in [0.717, 1.165) is 22.5 Å². The van der Waals surface area contributed by atoms with Crippen molar-refractivity contribution in [2.45, 2.75) is 13.8 Å². The van der Waals surface area contributed by atoms with Crippen molar-refractivity contribution in [2.75, 3.05) is 11.9 Å². The molecule has 0 aliphatic heterocycles. The highest BCUT2D eigenvalue weighted by Crippen LogP contribution is 2.12. The van der Waals surface area contributed by atoms with Crippen LogP contribution in [0.1, 0.15) is 18.1 Å². The van der Waals surface area contributed by atoms with E-state index in [1.807, 2.05) is 80.6 Å². The van der Waals surface area contributed by atoms with Crippen LogP contribution in [-0.4, -0.2) is 18.2 Å². The maximum atomic E-state index is 11.8. The maximum absolute atomic E-state index is 11.8. The lowest BCUT2D eigenvalue weighted by Crippen LogP contribution is -2.26. The lowest BCUT2D eigenvalue weighted by molar-refractivity contribution is -0.119. The second-order valence-electron chi connectivity index (χ2n) is 5.20. The van der Waals surface area contributed by atoms with E-state index in [1.54, 1.807) is 0 Å². The number of anilines is 1. The summed E-state index contributed by atoms with van der Waals surface area (Å²) in [6, 6.07) is 17.8. The van der Waals surface area contributed by atoms with E-state index in [1.165, 1.54) is 0 Å². The Hall–Kier alpha value is -2.88. The molecule has 0 saturated heterocycles. The van der Waals surface area contributed by atoms with Gasteiger partial charge in [0, 0.05) is 5.69 Å². The lowest BCUT2D eigenvalue weighted by Gasteiger charge is -2.08. The number of carbonyl (C=O) groups is 1. The third kappa shape index (κ3) is 5.79. The largest absolute Gasteiger partial charge is 0.376 e. The van der Waals surface area contributed by atoms with Crippen LogP contribution in [0.15, 0.2) is 65.8 Å². The van der Waals surface area contributed by atoms with Crippen LogP contribution in [-0.2, 0) is 4.79 Å². The first-order chi connectivity index (χ1) is 11.1. The quantitative estimate of drug-likeness (QED) is 0.632. The summed E-state index contributed by atoms with van der Waals surface area (Å²) in [6.45, 7) is 4.02. The lowest BCUT2D eigenvalue weighted by atomic mass is 10.2. The van der Waals surface area contributed by atoms with E-state index in [2.05, 4.69) is 15.8 Å². The Bertz CT molecular complexity index is 706. The molecule has 0 radical (unpaired) electrons. The van der Waals surface area contributed by atoms with Crippen molar-refractivity contribution in [3.63, 3.8) is 0 Å². The molecule has 2 aromatic carbocycles. The summed E-state index contributed by atoms with van der Waals surface area (Å²) in [4.78, 5) is 11.8. The molecule has 0 saturated carbocycles. The Labute approximate surface area is 136 Å². The number of hydrazone groups is 1. The molecule has 1 amide bonds. The third-order valence-corrected chi connectivity index (χ3v) is 3.26. The third-order valence-electron chi connectivity index (χ3n) is 3.26. The minimum Gasteiger partial charge on any atom is -0.376 e. The second kappa shape index (κ2) is 8.54. The van der Waals surface area contributed by atoms with E-state index in [0.29, 0.717) is 0 Å². The molecular formula is C19H21N3O. The molecule has 4 nitrogen and oxygen atoms in total. The van der Waals surface area contributed by atoms with Gasteiger partial charge in [0.25, 0.3) is 5.91 Å². The van der Waals surface area contributed by atoms with Gasteiger partial charge in [0.2, 0.25) is 0 Å². The zero-order valence-electron chi connectivity index (χ0n) is 13.4. The van der Waals surface area contributed by atoms with Gasteiger partial charge < -0.3 is 5.32 Å². The van der Waals surface area contributed by atoms with Crippen LogP contribution < -0.4 is 10.7 Å². The molecule has 0 spiro atoms. The fourth-order valence-corrected chi connectivity index (χ4v) is 1.96. The zero-order valence-corrected chi connectivity index (χ0v) is 13.4. The monoisotopic (exact) mass is 307 g/mol. The number of rotatable bonds is 6.